The van der Waals surface area contributed by atoms with Crippen LogP contribution >= 0.6 is 0 Å². The fraction of sp³-hybridized carbons (Fsp3) is 0.176. The van der Waals surface area contributed by atoms with Crippen LogP contribution < -0.4 is 4.74 Å². The Morgan fingerprint density at radius 2 is 2.05 bits per heavy atom. The van der Waals surface area contributed by atoms with E-state index in [1.54, 1.807) is 12.3 Å². The monoisotopic (exact) mass is 281 g/mol. The molecule has 0 spiro atoms. The van der Waals surface area contributed by atoms with Gasteiger partial charge in [0.25, 0.3) is 0 Å². The summed E-state index contributed by atoms with van der Waals surface area (Å²) in [6, 6.07) is 9.16. The molecule has 0 unspecified atom stereocenters. The zero-order valence-electron chi connectivity index (χ0n) is 11.9. The van der Waals surface area contributed by atoms with Gasteiger partial charge >= 0.3 is 0 Å². The highest BCUT2D eigenvalue weighted by molar-refractivity contribution is 6.15. The molecule has 4 heteroatoms. The molecule has 0 fully saturated rings. The van der Waals surface area contributed by atoms with Crippen molar-refractivity contribution in [2.45, 2.75) is 20.0 Å². The largest absolute Gasteiger partial charge is 0.489 e. The first-order valence-corrected chi connectivity index (χ1v) is 6.78. The predicted octanol–water partition coefficient (Wildman–Crippen LogP) is 3.85. The van der Waals surface area contributed by atoms with Crippen LogP contribution in [0.4, 0.5) is 0 Å². The van der Waals surface area contributed by atoms with Gasteiger partial charge in [-0.05, 0) is 26.0 Å². The van der Waals surface area contributed by atoms with Crippen LogP contribution in [0.2, 0.25) is 0 Å². The molecular formula is C17H15NO3. The summed E-state index contributed by atoms with van der Waals surface area (Å²) in [5.74, 6) is 0.463. The van der Waals surface area contributed by atoms with E-state index in [1.807, 2.05) is 38.1 Å². The lowest BCUT2D eigenvalue weighted by Gasteiger charge is -2.09. The van der Waals surface area contributed by atoms with E-state index in [9.17, 15) is 4.79 Å². The predicted molar refractivity (Wildman–Crippen MR) is 79.6 cm³/mol. The number of para-hydroxylation sites is 1. The number of ketones is 1. The summed E-state index contributed by atoms with van der Waals surface area (Å²) in [5, 5.41) is 0.803. The number of pyridine rings is 1. The highest BCUT2D eigenvalue weighted by Crippen LogP contribution is 2.24. The summed E-state index contributed by atoms with van der Waals surface area (Å²) in [6.45, 7) is 3.86. The molecule has 0 amide bonds. The smallest absolute Gasteiger partial charge is 0.198 e. The molecule has 1 aromatic carbocycles. The second kappa shape index (κ2) is 5.40. The number of rotatable bonds is 4. The molecule has 0 radical (unpaired) electrons. The zero-order chi connectivity index (χ0) is 14.8. The van der Waals surface area contributed by atoms with Crippen LogP contribution in [0.3, 0.4) is 0 Å². The molecule has 2 heterocycles. The van der Waals surface area contributed by atoms with Gasteiger partial charge in [0.05, 0.1) is 17.9 Å². The van der Waals surface area contributed by atoms with Gasteiger partial charge < -0.3 is 9.15 Å². The van der Waals surface area contributed by atoms with Crippen LogP contribution in [0, 0.1) is 0 Å². The lowest BCUT2D eigenvalue weighted by molar-refractivity contribution is 0.103. The van der Waals surface area contributed by atoms with Crippen LogP contribution in [-0.2, 0) is 0 Å². The van der Waals surface area contributed by atoms with Crippen molar-refractivity contribution in [2.75, 3.05) is 0 Å². The van der Waals surface area contributed by atoms with Gasteiger partial charge in [0.2, 0.25) is 0 Å². The van der Waals surface area contributed by atoms with Crippen LogP contribution in [0.25, 0.3) is 11.0 Å². The highest BCUT2D eigenvalue weighted by atomic mass is 16.5. The number of aromatic nitrogens is 1. The number of ether oxygens (including phenoxy) is 1. The first-order valence-electron chi connectivity index (χ1n) is 6.78. The SMILES string of the molecule is CC(C)Oc1cncc(C(=O)c2coc3ccccc23)c1. The molecule has 0 N–H and O–H groups in total. The van der Waals surface area contributed by atoms with E-state index < -0.39 is 0 Å². The molecule has 4 nitrogen and oxygen atoms in total. The molecule has 0 atom stereocenters. The third-order valence-electron chi connectivity index (χ3n) is 3.07. The summed E-state index contributed by atoms with van der Waals surface area (Å²) in [5.41, 5.74) is 1.72. The van der Waals surface area contributed by atoms with Gasteiger partial charge in [0, 0.05) is 17.1 Å². The van der Waals surface area contributed by atoms with E-state index in [2.05, 4.69) is 4.98 Å². The van der Waals surface area contributed by atoms with E-state index in [1.165, 1.54) is 12.5 Å². The Balaban J connectivity index is 1.98. The number of carbonyl (C=O) groups excluding carboxylic acids is 1. The average Bonchev–Trinajstić information content (AvgIpc) is 2.90. The molecule has 2 aromatic heterocycles. The molecule has 21 heavy (non-hydrogen) atoms. The molecule has 0 aliphatic rings. The Bertz CT molecular complexity index is 789. The molecule has 0 saturated carbocycles. The Morgan fingerprint density at radius 1 is 1.24 bits per heavy atom. The van der Waals surface area contributed by atoms with Crippen molar-refractivity contribution in [3.63, 3.8) is 0 Å². The van der Waals surface area contributed by atoms with E-state index in [4.69, 9.17) is 9.15 Å². The normalized spacial score (nSPS) is 11.0. The van der Waals surface area contributed by atoms with Crippen LogP contribution in [0.5, 0.6) is 5.75 Å². The molecule has 0 aliphatic heterocycles. The third-order valence-corrected chi connectivity index (χ3v) is 3.07. The van der Waals surface area contributed by atoms with Gasteiger partial charge in [-0.2, -0.15) is 0 Å². The minimum atomic E-state index is -0.123. The number of nitrogens with zero attached hydrogens (tertiary/aromatic N) is 1. The maximum absolute atomic E-state index is 12.6. The fourth-order valence-corrected chi connectivity index (χ4v) is 2.19. The second-order valence-electron chi connectivity index (χ2n) is 5.05. The molecule has 0 aliphatic carbocycles. The van der Waals surface area contributed by atoms with Gasteiger partial charge in [0.1, 0.15) is 17.6 Å². The van der Waals surface area contributed by atoms with Gasteiger partial charge in [0.15, 0.2) is 5.78 Å². The quantitative estimate of drug-likeness (QED) is 0.682. The number of hydrogen-bond donors (Lipinski definition) is 0. The first kappa shape index (κ1) is 13.4. The van der Waals surface area contributed by atoms with Gasteiger partial charge in [-0.15, -0.1) is 0 Å². The van der Waals surface area contributed by atoms with E-state index in [0.29, 0.717) is 22.5 Å². The Kier molecular flexibility index (Phi) is 3.44. The third kappa shape index (κ3) is 2.65. The molecule has 0 saturated heterocycles. The number of carbonyl (C=O) groups is 1. The highest BCUT2D eigenvalue weighted by Gasteiger charge is 2.16. The molecular weight excluding hydrogens is 266 g/mol. The minimum absolute atomic E-state index is 0.0342. The lowest BCUT2D eigenvalue weighted by Crippen LogP contribution is -2.07. The Morgan fingerprint density at radius 3 is 2.86 bits per heavy atom. The maximum atomic E-state index is 12.6. The van der Waals surface area contributed by atoms with Gasteiger partial charge in [-0.25, -0.2) is 0 Å². The molecule has 0 bridgehead atoms. The van der Waals surface area contributed by atoms with Crippen LogP contribution in [-0.4, -0.2) is 16.9 Å². The maximum Gasteiger partial charge on any atom is 0.198 e. The van der Waals surface area contributed by atoms with Crippen molar-refractivity contribution in [1.82, 2.24) is 4.98 Å². The van der Waals surface area contributed by atoms with Crippen molar-refractivity contribution in [3.8, 4) is 5.75 Å². The first-order chi connectivity index (χ1) is 10.1. The summed E-state index contributed by atoms with van der Waals surface area (Å²) in [4.78, 5) is 16.7. The topological polar surface area (TPSA) is 52.3 Å². The number of furan rings is 1. The molecule has 3 rings (SSSR count). The Hall–Kier alpha value is -2.62. The van der Waals surface area contributed by atoms with E-state index in [0.717, 1.165) is 5.39 Å². The van der Waals surface area contributed by atoms with Crippen molar-refractivity contribution < 1.29 is 13.9 Å². The van der Waals surface area contributed by atoms with Crippen LogP contribution in [0.15, 0.2) is 53.4 Å². The van der Waals surface area contributed by atoms with Gasteiger partial charge in [-0.1, -0.05) is 18.2 Å². The van der Waals surface area contributed by atoms with Crippen LogP contribution in [0.1, 0.15) is 29.8 Å². The van der Waals surface area contributed by atoms with Crippen molar-refractivity contribution in [3.05, 3.63) is 60.1 Å². The standard InChI is InChI=1S/C17H15NO3/c1-11(2)21-13-7-12(8-18-9-13)17(19)15-10-20-16-6-4-3-5-14(15)16/h3-11H,1-2H3. The molecule has 106 valence electrons. The average molecular weight is 281 g/mol. The summed E-state index contributed by atoms with van der Waals surface area (Å²) < 4.78 is 11.0. The van der Waals surface area contributed by atoms with Crippen molar-refractivity contribution >= 4 is 16.8 Å². The van der Waals surface area contributed by atoms with Crippen molar-refractivity contribution in [1.29, 1.82) is 0 Å². The minimum Gasteiger partial charge on any atom is -0.489 e. The Labute approximate surface area is 122 Å². The molecule has 3 aromatic rings. The fourth-order valence-electron chi connectivity index (χ4n) is 2.19. The summed E-state index contributed by atoms with van der Waals surface area (Å²) in [6.07, 6.45) is 4.66. The van der Waals surface area contributed by atoms with E-state index in [-0.39, 0.29) is 11.9 Å². The van der Waals surface area contributed by atoms with Crippen molar-refractivity contribution in [2.24, 2.45) is 0 Å². The second-order valence-corrected chi connectivity index (χ2v) is 5.05. The summed E-state index contributed by atoms with van der Waals surface area (Å²) >= 11 is 0. The number of hydrogen-bond acceptors (Lipinski definition) is 4. The van der Waals surface area contributed by atoms with Gasteiger partial charge in [-0.3, -0.25) is 9.78 Å². The summed E-state index contributed by atoms with van der Waals surface area (Å²) in [7, 11) is 0. The number of fused-ring (bicyclic) bond motifs is 1. The van der Waals surface area contributed by atoms with E-state index >= 15 is 0 Å². The zero-order valence-corrected chi connectivity index (χ0v) is 11.9. The lowest BCUT2D eigenvalue weighted by atomic mass is 10.0. The number of benzene rings is 1.